The van der Waals surface area contributed by atoms with Gasteiger partial charge in [-0.2, -0.15) is 0 Å². The third-order valence-corrected chi connectivity index (χ3v) is 3.91. The van der Waals surface area contributed by atoms with Crippen LogP contribution in [0.3, 0.4) is 0 Å². The Balaban J connectivity index is 1.74. The largest absolute Gasteiger partial charge is 0.378 e. The molecule has 2 aromatic rings. The Bertz CT molecular complexity index is 621. The van der Waals surface area contributed by atoms with Crippen molar-refractivity contribution < 1.29 is 4.39 Å². The van der Waals surface area contributed by atoms with Crippen LogP contribution in [0, 0.1) is 12.7 Å². The van der Waals surface area contributed by atoms with Gasteiger partial charge in [-0.3, -0.25) is 0 Å². The standard InChI is InChI=1S/C17H20FN3/c1-13-6-7-14(11-15(13)18)12-20-16-5-4-8-19-17(16)21-9-2-3-10-21/h4-8,11,20H,2-3,9-10,12H2,1H3. The number of pyridine rings is 1. The fraction of sp³-hybridized carbons (Fsp3) is 0.353. The van der Waals surface area contributed by atoms with E-state index in [0.29, 0.717) is 12.1 Å². The first-order chi connectivity index (χ1) is 10.2. The van der Waals surface area contributed by atoms with Gasteiger partial charge in [-0.05, 0) is 49.1 Å². The maximum atomic E-state index is 13.6. The fourth-order valence-electron chi connectivity index (χ4n) is 2.66. The van der Waals surface area contributed by atoms with Gasteiger partial charge >= 0.3 is 0 Å². The number of aryl methyl sites for hydroxylation is 1. The van der Waals surface area contributed by atoms with Gasteiger partial charge in [0.1, 0.15) is 5.82 Å². The SMILES string of the molecule is Cc1ccc(CNc2cccnc2N2CCCC2)cc1F. The van der Waals surface area contributed by atoms with Crippen molar-refractivity contribution in [2.24, 2.45) is 0 Å². The molecule has 0 aliphatic carbocycles. The van der Waals surface area contributed by atoms with Crippen molar-refractivity contribution in [3.63, 3.8) is 0 Å². The molecule has 0 atom stereocenters. The molecular weight excluding hydrogens is 265 g/mol. The first-order valence-corrected chi connectivity index (χ1v) is 7.43. The Morgan fingerprint density at radius 1 is 1.24 bits per heavy atom. The van der Waals surface area contributed by atoms with Gasteiger partial charge in [-0.15, -0.1) is 0 Å². The Morgan fingerprint density at radius 2 is 2.05 bits per heavy atom. The van der Waals surface area contributed by atoms with E-state index in [0.717, 1.165) is 30.2 Å². The van der Waals surface area contributed by atoms with Gasteiger partial charge in [0, 0.05) is 25.8 Å². The first kappa shape index (κ1) is 13.9. The smallest absolute Gasteiger partial charge is 0.151 e. The zero-order valence-electron chi connectivity index (χ0n) is 12.3. The van der Waals surface area contributed by atoms with E-state index in [1.807, 2.05) is 30.5 Å². The van der Waals surface area contributed by atoms with Gasteiger partial charge < -0.3 is 10.2 Å². The first-order valence-electron chi connectivity index (χ1n) is 7.43. The molecule has 3 nitrogen and oxygen atoms in total. The number of anilines is 2. The molecule has 4 heteroatoms. The van der Waals surface area contributed by atoms with Crippen LogP contribution in [0.25, 0.3) is 0 Å². The zero-order valence-corrected chi connectivity index (χ0v) is 12.3. The molecule has 21 heavy (non-hydrogen) atoms. The minimum atomic E-state index is -0.153. The van der Waals surface area contributed by atoms with Gasteiger partial charge in [0.25, 0.3) is 0 Å². The van der Waals surface area contributed by atoms with E-state index in [2.05, 4.69) is 15.2 Å². The normalized spacial score (nSPS) is 14.5. The summed E-state index contributed by atoms with van der Waals surface area (Å²) in [5.41, 5.74) is 2.63. The van der Waals surface area contributed by atoms with E-state index in [9.17, 15) is 4.39 Å². The molecule has 3 rings (SSSR count). The van der Waals surface area contributed by atoms with Crippen LogP contribution in [0.15, 0.2) is 36.5 Å². The highest BCUT2D eigenvalue weighted by molar-refractivity contribution is 5.65. The molecule has 0 unspecified atom stereocenters. The summed E-state index contributed by atoms with van der Waals surface area (Å²) in [5, 5.41) is 3.38. The van der Waals surface area contributed by atoms with E-state index in [1.165, 1.54) is 12.8 Å². The topological polar surface area (TPSA) is 28.2 Å². The Labute approximate surface area is 124 Å². The third-order valence-electron chi connectivity index (χ3n) is 3.91. The van der Waals surface area contributed by atoms with Crippen LogP contribution in [-0.2, 0) is 6.54 Å². The van der Waals surface area contributed by atoms with Crippen LogP contribution in [-0.4, -0.2) is 18.1 Å². The number of rotatable bonds is 4. The molecule has 1 aromatic carbocycles. The van der Waals surface area contributed by atoms with Gasteiger partial charge in [0.05, 0.1) is 5.69 Å². The van der Waals surface area contributed by atoms with Crippen molar-refractivity contribution >= 4 is 11.5 Å². The second kappa shape index (κ2) is 6.12. The summed E-state index contributed by atoms with van der Waals surface area (Å²) in [6.45, 7) is 4.50. The molecule has 1 aliphatic heterocycles. The lowest BCUT2D eigenvalue weighted by Crippen LogP contribution is -2.20. The van der Waals surface area contributed by atoms with E-state index in [4.69, 9.17) is 0 Å². The van der Waals surface area contributed by atoms with Crippen LogP contribution in [0.5, 0.6) is 0 Å². The molecule has 2 heterocycles. The minimum Gasteiger partial charge on any atom is -0.378 e. The van der Waals surface area contributed by atoms with Crippen LogP contribution in [0.2, 0.25) is 0 Å². The van der Waals surface area contributed by atoms with Gasteiger partial charge in [0.15, 0.2) is 5.82 Å². The number of hydrogen-bond acceptors (Lipinski definition) is 3. The van der Waals surface area contributed by atoms with Gasteiger partial charge in [-0.25, -0.2) is 9.37 Å². The fourth-order valence-corrected chi connectivity index (χ4v) is 2.66. The molecule has 1 fully saturated rings. The molecule has 0 amide bonds. The molecular formula is C17H20FN3. The second-order valence-corrected chi connectivity index (χ2v) is 5.51. The number of hydrogen-bond donors (Lipinski definition) is 1. The molecule has 0 spiro atoms. The van der Waals surface area contributed by atoms with Crippen molar-refractivity contribution in [3.8, 4) is 0 Å². The van der Waals surface area contributed by atoms with Crippen molar-refractivity contribution in [1.29, 1.82) is 0 Å². The predicted octanol–water partition coefficient (Wildman–Crippen LogP) is 3.74. The Morgan fingerprint density at radius 3 is 2.81 bits per heavy atom. The van der Waals surface area contributed by atoms with E-state index in [-0.39, 0.29) is 5.82 Å². The summed E-state index contributed by atoms with van der Waals surface area (Å²) < 4.78 is 13.6. The summed E-state index contributed by atoms with van der Waals surface area (Å²) in [4.78, 5) is 6.80. The third kappa shape index (κ3) is 3.15. The van der Waals surface area contributed by atoms with E-state index in [1.54, 1.807) is 13.0 Å². The highest BCUT2D eigenvalue weighted by Crippen LogP contribution is 2.26. The van der Waals surface area contributed by atoms with Crippen LogP contribution in [0.1, 0.15) is 24.0 Å². The molecule has 1 N–H and O–H groups in total. The second-order valence-electron chi connectivity index (χ2n) is 5.51. The highest BCUT2D eigenvalue weighted by atomic mass is 19.1. The maximum absolute atomic E-state index is 13.6. The number of benzene rings is 1. The summed E-state index contributed by atoms with van der Waals surface area (Å²) >= 11 is 0. The zero-order chi connectivity index (χ0) is 14.7. The molecule has 110 valence electrons. The average Bonchev–Trinajstić information content (AvgIpc) is 3.03. The molecule has 1 saturated heterocycles. The monoisotopic (exact) mass is 285 g/mol. The van der Waals surface area contributed by atoms with Crippen LogP contribution in [0.4, 0.5) is 15.9 Å². The van der Waals surface area contributed by atoms with Crippen LogP contribution >= 0.6 is 0 Å². The molecule has 0 radical (unpaired) electrons. The lowest BCUT2D eigenvalue weighted by atomic mass is 10.1. The summed E-state index contributed by atoms with van der Waals surface area (Å²) in [6.07, 6.45) is 4.27. The maximum Gasteiger partial charge on any atom is 0.151 e. The van der Waals surface area contributed by atoms with Crippen molar-refractivity contribution in [3.05, 3.63) is 53.5 Å². The minimum absolute atomic E-state index is 0.153. The quantitative estimate of drug-likeness (QED) is 0.927. The highest BCUT2D eigenvalue weighted by Gasteiger charge is 2.16. The number of nitrogens with one attached hydrogen (secondary N) is 1. The number of nitrogens with zero attached hydrogens (tertiary/aromatic N) is 2. The van der Waals surface area contributed by atoms with E-state index >= 15 is 0 Å². The summed E-state index contributed by atoms with van der Waals surface area (Å²) in [5.74, 6) is 0.850. The summed E-state index contributed by atoms with van der Waals surface area (Å²) in [7, 11) is 0. The number of halogens is 1. The van der Waals surface area contributed by atoms with Crippen molar-refractivity contribution in [2.45, 2.75) is 26.3 Å². The van der Waals surface area contributed by atoms with Gasteiger partial charge in [0.2, 0.25) is 0 Å². The summed E-state index contributed by atoms with van der Waals surface area (Å²) in [6, 6.07) is 9.32. The van der Waals surface area contributed by atoms with Gasteiger partial charge in [-0.1, -0.05) is 12.1 Å². The lowest BCUT2D eigenvalue weighted by molar-refractivity contribution is 0.616. The average molecular weight is 285 g/mol. The molecule has 1 aromatic heterocycles. The number of aromatic nitrogens is 1. The predicted molar refractivity (Wildman–Crippen MR) is 84.1 cm³/mol. The lowest BCUT2D eigenvalue weighted by Gasteiger charge is -2.20. The van der Waals surface area contributed by atoms with Crippen LogP contribution < -0.4 is 10.2 Å². The Hall–Kier alpha value is -2.10. The van der Waals surface area contributed by atoms with E-state index < -0.39 is 0 Å². The molecule has 0 bridgehead atoms. The van der Waals surface area contributed by atoms with Crippen molar-refractivity contribution in [2.75, 3.05) is 23.3 Å². The Kier molecular flexibility index (Phi) is 4.04. The molecule has 1 aliphatic rings. The van der Waals surface area contributed by atoms with Crippen molar-refractivity contribution in [1.82, 2.24) is 4.98 Å². The molecule has 0 saturated carbocycles.